The summed E-state index contributed by atoms with van der Waals surface area (Å²) in [7, 11) is 0. The SMILES string of the molecule is C[C-]1C2CCCCC2C2CCCCC12.[W].[W].[W]. The number of hydrogen-bond acceptors (Lipinski definition) is 0. The summed E-state index contributed by atoms with van der Waals surface area (Å²) in [5.74, 6) is 6.26. The molecule has 3 fully saturated rings. The van der Waals surface area contributed by atoms with E-state index in [9.17, 15) is 0 Å². The molecule has 0 amide bonds. The van der Waals surface area contributed by atoms with Crippen LogP contribution >= 0.6 is 0 Å². The molecule has 0 heterocycles. The third-order valence-electron chi connectivity index (χ3n) is 5.36. The minimum absolute atomic E-state index is 0. The number of fused-ring (bicyclic) bond motifs is 3. The monoisotopic (exact) mass is 743 g/mol. The van der Waals surface area contributed by atoms with Gasteiger partial charge in [-0.1, -0.05) is 63.2 Å². The number of hydrogen-bond donors (Lipinski definition) is 0. The molecule has 0 saturated heterocycles. The fraction of sp³-hybridized carbons (Fsp3) is 0.929. The van der Waals surface area contributed by atoms with Gasteiger partial charge in [-0.25, -0.2) is 0 Å². The van der Waals surface area contributed by atoms with Crippen molar-refractivity contribution in [2.75, 3.05) is 0 Å². The zero-order chi connectivity index (χ0) is 9.54. The van der Waals surface area contributed by atoms with Crippen LogP contribution in [-0.4, -0.2) is 0 Å². The summed E-state index contributed by atoms with van der Waals surface area (Å²) in [4.78, 5) is 0. The minimum Gasteiger partial charge on any atom is -0.310 e. The van der Waals surface area contributed by atoms with Crippen LogP contribution in [0, 0.1) is 29.6 Å². The molecule has 17 heavy (non-hydrogen) atoms. The molecule has 0 nitrogen and oxygen atoms in total. The average molecular weight is 743 g/mol. The van der Waals surface area contributed by atoms with Crippen LogP contribution in [0.1, 0.15) is 58.3 Å². The van der Waals surface area contributed by atoms with Crippen molar-refractivity contribution in [3.63, 3.8) is 0 Å². The Bertz CT molecular complexity index is 198. The summed E-state index contributed by atoms with van der Waals surface area (Å²) in [5.41, 5.74) is 0. The van der Waals surface area contributed by atoms with Crippen LogP contribution < -0.4 is 0 Å². The maximum atomic E-state index is 2.49. The molecule has 0 radical (unpaired) electrons. The van der Waals surface area contributed by atoms with Gasteiger partial charge in [0.05, 0.1) is 0 Å². The summed E-state index contributed by atoms with van der Waals surface area (Å²) in [6, 6.07) is 0. The first-order valence-corrected chi connectivity index (χ1v) is 6.71. The Balaban J connectivity index is 0.000000853. The van der Waals surface area contributed by atoms with Crippen LogP contribution in [0.25, 0.3) is 0 Å². The molecular weight excluding hydrogens is 720 g/mol. The van der Waals surface area contributed by atoms with Gasteiger partial charge in [0.15, 0.2) is 0 Å². The maximum Gasteiger partial charge on any atom is 0 e. The molecule has 0 bridgehead atoms. The Labute approximate surface area is 150 Å². The summed E-state index contributed by atoms with van der Waals surface area (Å²) in [6.45, 7) is 2.49. The Kier molecular flexibility index (Phi) is 9.39. The largest absolute Gasteiger partial charge is 0.310 e. The van der Waals surface area contributed by atoms with Crippen molar-refractivity contribution in [2.24, 2.45) is 23.7 Å². The summed E-state index contributed by atoms with van der Waals surface area (Å²) in [6.07, 6.45) is 12.3. The van der Waals surface area contributed by atoms with E-state index >= 15 is 0 Å². The minimum atomic E-state index is 0. The first-order chi connectivity index (χ1) is 6.88. The van der Waals surface area contributed by atoms with Gasteiger partial charge in [0.25, 0.3) is 0 Å². The predicted molar refractivity (Wildman–Crippen MR) is 59.8 cm³/mol. The van der Waals surface area contributed by atoms with Gasteiger partial charge in [0.2, 0.25) is 0 Å². The van der Waals surface area contributed by atoms with E-state index in [2.05, 4.69) is 6.92 Å². The third-order valence-corrected chi connectivity index (χ3v) is 5.36. The van der Waals surface area contributed by atoms with Gasteiger partial charge in [-0.15, -0.1) is 0 Å². The Morgan fingerprint density at radius 3 is 1.41 bits per heavy atom. The molecule has 3 aliphatic carbocycles. The van der Waals surface area contributed by atoms with Gasteiger partial charge in [-0.3, -0.25) is 0 Å². The molecule has 0 N–H and O–H groups in total. The Morgan fingerprint density at radius 1 is 0.647 bits per heavy atom. The van der Waals surface area contributed by atoms with Crippen LogP contribution in [0.2, 0.25) is 0 Å². The molecule has 98 valence electrons. The van der Waals surface area contributed by atoms with E-state index in [0.29, 0.717) is 0 Å². The van der Waals surface area contributed by atoms with E-state index in [1.807, 2.05) is 5.92 Å². The van der Waals surface area contributed by atoms with E-state index in [1.165, 1.54) is 38.5 Å². The molecule has 0 spiro atoms. The fourth-order valence-corrected chi connectivity index (χ4v) is 4.75. The van der Waals surface area contributed by atoms with Crippen molar-refractivity contribution in [1.29, 1.82) is 0 Å². The van der Waals surface area contributed by atoms with E-state index in [1.54, 1.807) is 12.8 Å². The maximum absolute atomic E-state index is 2.49. The van der Waals surface area contributed by atoms with Crippen LogP contribution in [0.4, 0.5) is 0 Å². The van der Waals surface area contributed by atoms with Crippen molar-refractivity contribution < 1.29 is 63.2 Å². The van der Waals surface area contributed by atoms with Crippen molar-refractivity contribution in [1.82, 2.24) is 0 Å². The first-order valence-electron chi connectivity index (χ1n) is 6.71. The predicted octanol–water partition coefficient (Wildman–Crippen LogP) is 4.20. The molecule has 3 rings (SSSR count). The van der Waals surface area contributed by atoms with Gasteiger partial charge < -0.3 is 5.92 Å². The van der Waals surface area contributed by atoms with Gasteiger partial charge in [-0.2, -0.15) is 18.8 Å². The molecule has 0 aromatic rings. The van der Waals surface area contributed by atoms with Crippen molar-refractivity contribution in [3.8, 4) is 0 Å². The topological polar surface area (TPSA) is 0 Å². The molecule has 3 heteroatoms. The van der Waals surface area contributed by atoms with Crippen molar-refractivity contribution in [2.45, 2.75) is 58.3 Å². The van der Waals surface area contributed by atoms with Crippen molar-refractivity contribution >= 4 is 0 Å². The van der Waals surface area contributed by atoms with Gasteiger partial charge >= 0.3 is 0 Å². The van der Waals surface area contributed by atoms with E-state index in [4.69, 9.17) is 0 Å². The molecule has 0 aromatic heterocycles. The zero-order valence-corrected chi connectivity index (χ0v) is 19.5. The van der Waals surface area contributed by atoms with E-state index in [0.717, 1.165) is 23.7 Å². The standard InChI is InChI=1S/C14H23.3W/c1-10-11-6-2-4-8-13(11)14-9-5-3-7-12(10)14;;;/h11-14H,2-9H2,1H3;;;/q-1;;;. The smallest absolute Gasteiger partial charge is 0 e. The van der Waals surface area contributed by atoms with Crippen LogP contribution in [-0.2, 0) is 63.2 Å². The summed E-state index contributed by atoms with van der Waals surface area (Å²) >= 11 is 0. The third kappa shape index (κ3) is 3.58. The molecule has 4 atom stereocenters. The second kappa shape index (κ2) is 8.37. The summed E-state index contributed by atoms with van der Waals surface area (Å²) in [5, 5.41) is 0. The number of rotatable bonds is 0. The quantitative estimate of drug-likeness (QED) is 0.327. The normalized spacial score (nSPS) is 40.1. The fourth-order valence-electron chi connectivity index (χ4n) is 4.75. The second-order valence-corrected chi connectivity index (χ2v) is 5.85. The van der Waals surface area contributed by atoms with E-state index in [-0.39, 0.29) is 63.2 Å². The van der Waals surface area contributed by atoms with Crippen LogP contribution in [0.3, 0.4) is 0 Å². The molecule has 0 aliphatic heterocycles. The first kappa shape index (κ1) is 19.1. The molecule has 0 aromatic carbocycles. The van der Waals surface area contributed by atoms with Crippen LogP contribution in [0.5, 0.6) is 0 Å². The average Bonchev–Trinajstić information content (AvgIpc) is 2.55. The Hall–Kier alpha value is 2.06. The van der Waals surface area contributed by atoms with Gasteiger partial charge in [-0.05, 0) is 0 Å². The van der Waals surface area contributed by atoms with Crippen molar-refractivity contribution in [3.05, 3.63) is 5.92 Å². The zero-order valence-electron chi connectivity index (χ0n) is 10.7. The van der Waals surface area contributed by atoms with Gasteiger partial charge in [0.1, 0.15) is 0 Å². The van der Waals surface area contributed by atoms with Crippen LogP contribution in [0.15, 0.2) is 0 Å². The molecule has 3 saturated carbocycles. The molecule has 3 aliphatic rings. The van der Waals surface area contributed by atoms with E-state index < -0.39 is 0 Å². The molecular formula is C14H23W3-. The summed E-state index contributed by atoms with van der Waals surface area (Å²) < 4.78 is 0. The molecule has 4 unspecified atom stereocenters. The second-order valence-electron chi connectivity index (χ2n) is 5.85. The Morgan fingerprint density at radius 2 is 1.00 bits per heavy atom. The van der Waals surface area contributed by atoms with Gasteiger partial charge in [0, 0.05) is 63.2 Å².